The van der Waals surface area contributed by atoms with E-state index in [1.54, 1.807) is 20.4 Å². The van der Waals surface area contributed by atoms with Crippen molar-refractivity contribution in [1.29, 1.82) is 0 Å². The van der Waals surface area contributed by atoms with Crippen LogP contribution in [-0.2, 0) is 0 Å². The molecule has 0 spiro atoms. The molecule has 7 nitrogen and oxygen atoms in total. The summed E-state index contributed by atoms with van der Waals surface area (Å²) in [4.78, 5) is 4.45. The first-order chi connectivity index (χ1) is 12.6. The Morgan fingerprint density at radius 3 is 2.27 bits per heavy atom. The van der Waals surface area contributed by atoms with Gasteiger partial charge in [0, 0.05) is 17.4 Å². The number of benzene rings is 2. The molecule has 0 aliphatic carbocycles. The summed E-state index contributed by atoms with van der Waals surface area (Å²) in [6, 6.07) is 11.6. The second-order valence-corrected chi connectivity index (χ2v) is 5.78. The van der Waals surface area contributed by atoms with Crippen LogP contribution < -0.4 is 20.1 Å². The number of rotatable bonds is 6. The molecule has 1 heterocycles. The van der Waals surface area contributed by atoms with Crippen molar-refractivity contribution >= 4 is 23.1 Å². The number of ether oxygens (including phenoxy) is 2. The summed E-state index contributed by atoms with van der Waals surface area (Å²) in [6.07, 6.45) is 1.58. The molecule has 0 aliphatic rings. The van der Waals surface area contributed by atoms with Crippen molar-refractivity contribution < 1.29 is 9.47 Å². The second kappa shape index (κ2) is 7.69. The van der Waals surface area contributed by atoms with Gasteiger partial charge < -0.3 is 20.1 Å². The summed E-state index contributed by atoms with van der Waals surface area (Å²) in [5, 5.41) is 14.4. The number of anilines is 4. The van der Waals surface area contributed by atoms with E-state index in [1.807, 2.05) is 24.3 Å². The molecular formula is C19H21N5O2. The van der Waals surface area contributed by atoms with E-state index in [4.69, 9.17) is 9.47 Å². The zero-order chi connectivity index (χ0) is 18.5. The number of nitrogens with one attached hydrogen (secondary N) is 2. The van der Waals surface area contributed by atoms with E-state index in [0.717, 1.165) is 11.4 Å². The van der Waals surface area contributed by atoms with Crippen molar-refractivity contribution in [2.45, 2.75) is 13.8 Å². The van der Waals surface area contributed by atoms with Gasteiger partial charge >= 0.3 is 0 Å². The van der Waals surface area contributed by atoms with Crippen LogP contribution in [0.4, 0.5) is 23.1 Å². The van der Waals surface area contributed by atoms with Crippen LogP contribution in [0.3, 0.4) is 0 Å². The van der Waals surface area contributed by atoms with Crippen molar-refractivity contribution in [2.24, 2.45) is 0 Å². The van der Waals surface area contributed by atoms with Gasteiger partial charge in [0.25, 0.3) is 0 Å². The summed E-state index contributed by atoms with van der Waals surface area (Å²) in [5.74, 6) is 2.26. The van der Waals surface area contributed by atoms with E-state index in [1.165, 1.54) is 11.1 Å². The lowest BCUT2D eigenvalue weighted by Gasteiger charge is -2.11. The first kappa shape index (κ1) is 17.5. The zero-order valence-electron chi connectivity index (χ0n) is 15.2. The maximum Gasteiger partial charge on any atom is 0.249 e. The van der Waals surface area contributed by atoms with Gasteiger partial charge in [-0.05, 0) is 49.2 Å². The summed E-state index contributed by atoms with van der Waals surface area (Å²) in [7, 11) is 3.19. The average molecular weight is 351 g/mol. The van der Waals surface area contributed by atoms with E-state index < -0.39 is 0 Å². The number of hydrogen-bond acceptors (Lipinski definition) is 7. The molecule has 3 rings (SSSR count). The van der Waals surface area contributed by atoms with Crippen LogP contribution in [-0.4, -0.2) is 29.4 Å². The van der Waals surface area contributed by atoms with Gasteiger partial charge in [0.2, 0.25) is 5.95 Å². The van der Waals surface area contributed by atoms with Crippen LogP contribution in [0.25, 0.3) is 0 Å². The molecule has 0 saturated carbocycles. The highest BCUT2D eigenvalue weighted by Crippen LogP contribution is 2.30. The van der Waals surface area contributed by atoms with Crippen LogP contribution in [0.5, 0.6) is 11.5 Å². The van der Waals surface area contributed by atoms with Crippen LogP contribution >= 0.6 is 0 Å². The van der Waals surface area contributed by atoms with E-state index >= 15 is 0 Å². The Hall–Kier alpha value is -3.35. The molecule has 0 unspecified atom stereocenters. The molecule has 0 amide bonds. The topological polar surface area (TPSA) is 81.2 Å². The highest BCUT2D eigenvalue weighted by molar-refractivity contribution is 5.62. The van der Waals surface area contributed by atoms with Crippen LogP contribution in [0.1, 0.15) is 11.1 Å². The van der Waals surface area contributed by atoms with E-state index in [9.17, 15) is 0 Å². The molecule has 2 aromatic carbocycles. The fraction of sp³-hybridized carbons (Fsp3) is 0.211. The molecule has 0 fully saturated rings. The molecule has 3 aromatic rings. The maximum atomic E-state index is 5.30. The minimum Gasteiger partial charge on any atom is -0.493 e. The maximum absolute atomic E-state index is 5.30. The standard InChI is InChI=1S/C19H21N5O2/c1-12-5-6-14(9-13(12)2)21-18-11-20-24-19(23-18)22-15-7-8-16(25-3)17(10-15)26-4/h5-11H,1-4H3,(H2,21,22,23,24). The molecule has 0 aliphatic heterocycles. The van der Waals surface area contributed by atoms with E-state index in [-0.39, 0.29) is 0 Å². The Kier molecular flexibility index (Phi) is 5.17. The number of aryl methyl sites for hydroxylation is 2. The monoisotopic (exact) mass is 351 g/mol. The normalized spacial score (nSPS) is 10.3. The minimum atomic E-state index is 0.381. The third-order valence-electron chi connectivity index (χ3n) is 3.98. The smallest absolute Gasteiger partial charge is 0.249 e. The molecule has 1 aromatic heterocycles. The highest BCUT2D eigenvalue weighted by atomic mass is 16.5. The predicted octanol–water partition coefficient (Wildman–Crippen LogP) is 3.99. The van der Waals surface area contributed by atoms with Gasteiger partial charge in [-0.3, -0.25) is 0 Å². The van der Waals surface area contributed by atoms with E-state index in [2.05, 4.69) is 51.8 Å². The van der Waals surface area contributed by atoms with E-state index in [0.29, 0.717) is 23.3 Å². The average Bonchev–Trinajstić information content (AvgIpc) is 2.65. The van der Waals surface area contributed by atoms with Crippen LogP contribution in [0.2, 0.25) is 0 Å². The van der Waals surface area contributed by atoms with Gasteiger partial charge in [0.05, 0.1) is 20.4 Å². The summed E-state index contributed by atoms with van der Waals surface area (Å²) >= 11 is 0. The second-order valence-electron chi connectivity index (χ2n) is 5.78. The SMILES string of the molecule is COc1ccc(Nc2nncc(Nc3ccc(C)c(C)c3)n2)cc1OC. The Morgan fingerprint density at radius 1 is 0.808 bits per heavy atom. The van der Waals surface area contributed by atoms with Crippen molar-refractivity contribution in [3.8, 4) is 11.5 Å². The lowest BCUT2D eigenvalue weighted by molar-refractivity contribution is 0.355. The van der Waals surface area contributed by atoms with Crippen molar-refractivity contribution in [1.82, 2.24) is 15.2 Å². The molecule has 0 bridgehead atoms. The predicted molar refractivity (Wildman–Crippen MR) is 102 cm³/mol. The van der Waals surface area contributed by atoms with Crippen molar-refractivity contribution in [3.05, 3.63) is 53.7 Å². The fourth-order valence-electron chi connectivity index (χ4n) is 2.43. The highest BCUT2D eigenvalue weighted by Gasteiger charge is 2.07. The Bertz CT molecular complexity index is 914. The summed E-state index contributed by atoms with van der Waals surface area (Å²) < 4.78 is 10.5. The molecular weight excluding hydrogens is 330 g/mol. The molecule has 7 heteroatoms. The number of nitrogens with zero attached hydrogens (tertiary/aromatic N) is 3. The summed E-state index contributed by atoms with van der Waals surface area (Å²) in [6.45, 7) is 4.15. The molecule has 2 N–H and O–H groups in total. The third-order valence-corrected chi connectivity index (χ3v) is 3.98. The fourth-order valence-corrected chi connectivity index (χ4v) is 2.43. The Balaban J connectivity index is 1.78. The molecule has 0 saturated heterocycles. The third kappa shape index (κ3) is 4.00. The lowest BCUT2D eigenvalue weighted by Crippen LogP contribution is -2.03. The van der Waals surface area contributed by atoms with Crippen LogP contribution in [0.15, 0.2) is 42.6 Å². The Labute approximate surface area is 152 Å². The van der Waals surface area contributed by atoms with Gasteiger partial charge in [0.15, 0.2) is 17.3 Å². The molecule has 134 valence electrons. The number of aromatic nitrogens is 3. The number of methoxy groups -OCH3 is 2. The summed E-state index contributed by atoms with van der Waals surface area (Å²) in [5.41, 5.74) is 4.17. The van der Waals surface area contributed by atoms with Gasteiger partial charge in [0.1, 0.15) is 0 Å². The van der Waals surface area contributed by atoms with Crippen molar-refractivity contribution in [2.75, 3.05) is 24.9 Å². The quantitative estimate of drug-likeness (QED) is 0.695. The Morgan fingerprint density at radius 2 is 1.54 bits per heavy atom. The first-order valence-corrected chi connectivity index (χ1v) is 8.12. The molecule has 26 heavy (non-hydrogen) atoms. The van der Waals surface area contributed by atoms with Gasteiger partial charge in [-0.15, -0.1) is 5.10 Å². The number of hydrogen-bond donors (Lipinski definition) is 2. The molecule has 0 radical (unpaired) electrons. The van der Waals surface area contributed by atoms with Crippen LogP contribution in [0, 0.1) is 13.8 Å². The van der Waals surface area contributed by atoms with Gasteiger partial charge in [-0.1, -0.05) is 6.07 Å². The largest absolute Gasteiger partial charge is 0.493 e. The first-order valence-electron chi connectivity index (χ1n) is 8.12. The zero-order valence-corrected chi connectivity index (χ0v) is 15.2. The van der Waals surface area contributed by atoms with Gasteiger partial charge in [-0.25, -0.2) is 0 Å². The lowest BCUT2D eigenvalue weighted by atomic mass is 10.1. The minimum absolute atomic E-state index is 0.381. The van der Waals surface area contributed by atoms with Gasteiger partial charge in [-0.2, -0.15) is 10.1 Å². The molecule has 0 atom stereocenters. The van der Waals surface area contributed by atoms with Crippen molar-refractivity contribution in [3.63, 3.8) is 0 Å².